The zero-order valence-corrected chi connectivity index (χ0v) is 13.9. The van der Waals surface area contributed by atoms with E-state index in [4.69, 9.17) is 0 Å². The van der Waals surface area contributed by atoms with Gasteiger partial charge in [0, 0.05) is 0 Å². The van der Waals surface area contributed by atoms with Crippen LogP contribution in [-0.4, -0.2) is 5.11 Å². The molecule has 1 aromatic carbocycles. The maximum atomic E-state index is 11.2. The number of benzene rings is 1. The van der Waals surface area contributed by atoms with Crippen molar-refractivity contribution < 1.29 is 5.11 Å². The van der Waals surface area contributed by atoms with Crippen LogP contribution in [0.1, 0.15) is 69.6 Å². The number of rotatable bonds is 2. The van der Waals surface area contributed by atoms with Crippen molar-refractivity contribution in [3.63, 3.8) is 0 Å². The van der Waals surface area contributed by atoms with Crippen LogP contribution in [-0.2, 0) is 18.4 Å². The summed E-state index contributed by atoms with van der Waals surface area (Å²) in [6.07, 6.45) is 8.61. The molecule has 2 aliphatic carbocycles. The van der Waals surface area contributed by atoms with Gasteiger partial charge in [0.25, 0.3) is 0 Å². The zero-order valence-electron chi connectivity index (χ0n) is 13.9. The quantitative estimate of drug-likeness (QED) is 0.824. The van der Waals surface area contributed by atoms with Crippen LogP contribution in [0.15, 0.2) is 18.2 Å². The second-order valence-electron chi connectivity index (χ2n) is 7.80. The summed E-state index contributed by atoms with van der Waals surface area (Å²) in [5, 5.41) is 11.2. The van der Waals surface area contributed by atoms with E-state index in [1.807, 2.05) is 6.92 Å². The summed E-state index contributed by atoms with van der Waals surface area (Å²) in [5.74, 6) is 1.94. The minimum atomic E-state index is -0.666. The van der Waals surface area contributed by atoms with Crippen molar-refractivity contribution in [2.45, 2.75) is 71.3 Å². The molecule has 2 aliphatic rings. The Morgan fingerprint density at radius 1 is 1.00 bits per heavy atom. The van der Waals surface area contributed by atoms with E-state index < -0.39 is 5.60 Å². The molecule has 0 aromatic heterocycles. The molecule has 1 saturated carbocycles. The summed E-state index contributed by atoms with van der Waals surface area (Å²) in [4.78, 5) is 0. The van der Waals surface area contributed by atoms with Crippen LogP contribution in [0.25, 0.3) is 0 Å². The standard InChI is InChI=1S/C20H30O/c1-14-8-10-18(12-15(14)2)20(3,21)19-11-9-16-6-4-5-7-17(16)13-19/h9,11,13-15,18,21H,4-8,10,12H2,1-3H3. The minimum Gasteiger partial charge on any atom is -0.385 e. The monoisotopic (exact) mass is 286 g/mol. The van der Waals surface area contributed by atoms with Crippen molar-refractivity contribution in [2.24, 2.45) is 17.8 Å². The summed E-state index contributed by atoms with van der Waals surface area (Å²) in [6.45, 7) is 6.75. The molecule has 0 radical (unpaired) electrons. The highest BCUT2D eigenvalue weighted by Gasteiger charge is 2.38. The Morgan fingerprint density at radius 3 is 2.43 bits per heavy atom. The maximum absolute atomic E-state index is 11.2. The lowest BCUT2D eigenvalue weighted by molar-refractivity contribution is -0.0371. The van der Waals surface area contributed by atoms with E-state index in [2.05, 4.69) is 32.0 Å². The highest BCUT2D eigenvalue weighted by molar-refractivity contribution is 5.36. The van der Waals surface area contributed by atoms with Gasteiger partial charge in [0.05, 0.1) is 5.60 Å². The second-order valence-corrected chi connectivity index (χ2v) is 7.80. The summed E-state index contributed by atoms with van der Waals surface area (Å²) in [5.41, 5.74) is 3.47. The highest BCUT2D eigenvalue weighted by atomic mass is 16.3. The van der Waals surface area contributed by atoms with E-state index in [-0.39, 0.29) is 0 Å². The van der Waals surface area contributed by atoms with Crippen molar-refractivity contribution >= 4 is 0 Å². The van der Waals surface area contributed by atoms with Gasteiger partial charge >= 0.3 is 0 Å². The fourth-order valence-electron chi connectivity index (χ4n) is 4.34. The number of fused-ring (bicyclic) bond motifs is 1. The van der Waals surface area contributed by atoms with Crippen LogP contribution in [0.5, 0.6) is 0 Å². The SMILES string of the molecule is CC1CCC(C(C)(O)c2ccc3c(c2)CCCC3)CC1C. The van der Waals surface area contributed by atoms with Gasteiger partial charge in [-0.05, 0) is 79.9 Å². The van der Waals surface area contributed by atoms with E-state index in [9.17, 15) is 5.11 Å². The lowest BCUT2D eigenvalue weighted by atomic mass is 9.68. The summed E-state index contributed by atoms with van der Waals surface area (Å²) < 4.78 is 0. The topological polar surface area (TPSA) is 20.2 Å². The first kappa shape index (κ1) is 15.1. The normalized spacial score (nSPS) is 32.3. The molecule has 21 heavy (non-hydrogen) atoms. The Balaban J connectivity index is 1.84. The van der Waals surface area contributed by atoms with Crippen LogP contribution in [0.4, 0.5) is 0 Å². The molecular weight excluding hydrogens is 256 g/mol. The van der Waals surface area contributed by atoms with E-state index in [0.717, 1.165) is 30.2 Å². The average Bonchev–Trinajstić information content (AvgIpc) is 2.49. The predicted octanol–water partition coefficient (Wildman–Crippen LogP) is 4.85. The molecular formula is C20H30O. The lowest BCUT2D eigenvalue weighted by Gasteiger charge is -2.41. The smallest absolute Gasteiger partial charge is 0.0896 e. The summed E-state index contributed by atoms with van der Waals surface area (Å²) in [7, 11) is 0. The molecule has 0 heterocycles. The van der Waals surface area contributed by atoms with Crippen LogP contribution >= 0.6 is 0 Å². The summed E-state index contributed by atoms with van der Waals surface area (Å²) in [6, 6.07) is 6.76. The fourth-order valence-corrected chi connectivity index (χ4v) is 4.34. The molecule has 116 valence electrons. The molecule has 0 bridgehead atoms. The first-order valence-electron chi connectivity index (χ1n) is 8.83. The number of hydrogen-bond donors (Lipinski definition) is 1. The van der Waals surface area contributed by atoms with Crippen LogP contribution < -0.4 is 0 Å². The first-order chi connectivity index (χ1) is 9.98. The van der Waals surface area contributed by atoms with E-state index in [1.54, 1.807) is 0 Å². The zero-order chi connectivity index (χ0) is 15.0. The van der Waals surface area contributed by atoms with Gasteiger partial charge in [-0.2, -0.15) is 0 Å². The molecule has 0 saturated heterocycles. The first-order valence-corrected chi connectivity index (χ1v) is 8.83. The van der Waals surface area contributed by atoms with Crippen LogP contribution in [0, 0.1) is 17.8 Å². The van der Waals surface area contributed by atoms with Gasteiger partial charge in [-0.3, -0.25) is 0 Å². The summed E-state index contributed by atoms with van der Waals surface area (Å²) >= 11 is 0. The molecule has 1 N–H and O–H groups in total. The Morgan fingerprint density at radius 2 is 1.71 bits per heavy atom. The van der Waals surface area contributed by atoms with Gasteiger partial charge in [0.1, 0.15) is 0 Å². The van der Waals surface area contributed by atoms with Gasteiger partial charge in [0.15, 0.2) is 0 Å². The van der Waals surface area contributed by atoms with Crippen molar-refractivity contribution in [2.75, 3.05) is 0 Å². The molecule has 4 atom stereocenters. The van der Waals surface area contributed by atoms with Crippen molar-refractivity contribution in [1.29, 1.82) is 0 Å². The molecule has 1 nitrogen and oxygen atoms in total. The molecule has 4 unspecified atom stereocenters. The third-order valence-electron chi connectivity index (χ3n) is 6.33. The van der Waals surface area contributed by atoms with Crippen molar-refractivity contribution in [1.82, 2.24) is 0 Å². The van der Waals surface area contributed by atoms with Crippen molar-refractivity contribution in [3.05, 3.63) is 34.9 Å². The predicted molar refractivity (Wildman–Crippen MR) is 88.3 cm³/mol. The molecule has 1 fully saturated rings. The fraction of sp³-hybridized carbons (Fsp3) is 0.700. The van der Waals surface area contributed by atoms with Crippen LogP contribution in [0.2, 0.25) is 0 Å². The molecule has 0 amide bonds. The molecule has 0 aliphatic heterocycles. The molecule has 0 spiro atoms. The van der Waals surface area contributed by atoms with Gasteiger partial charge in [-0.15, -0.1) is 0 Å². The maximum Gasteiger partial charge on any atom is 0.0896 e. The Labute approximate surface area is 129 Å². The van der Waals surface area contributed by atoms with Gasteiger partial charge in [-0.25, -0.2) is 0 Å². The Bertz CT molecular complexity index is 503. The third kappa shape index (κ3) is 2.90. The van der Waals surface area contributed by atoms with Gasteiger partial charge in [0.2, 0.25) is 0 Å². The van der Waals surface area contributed by atoms with E-state index in [1.165, 1.54) is 43.2 Å². The van der Waals surface area contributed by atoms with Crippen molar-refractivity contribution in [3.8, 4) is 0 Å². The molecule has 1 heteroatoms. The minimum absolute atomic E-state index is 0.408. The van der Waals surface area contributed by atoms with Gasteiger partial charge in [-0.1, -0.05) is 38.5 Å². The molecule has 1 aromatic rings. The number of aryl methyl sites for hydroxylation is 2. The van der Waals surface area contributed by atoms with E-state index >= 15 is 0 Å². The highest BCUT2D eigenvalue weighted by Crippen LogP contribution is 2.43. The van der Waals surface area contributed by atoms with Gasteiger partial charge < -0.3 is 5.11 Å². The molecule has 3 rings (SSSR count). The van der Waals surface area contributed by atoms with Crippen LogP contribution in [0.3, 0.4) is 0 Å². The van der Waals surface area contributed by atoms with E-state index in [0.29, 0.717) is 5.92 Å². The number of hydrogen-bond acceptors (Lipinski definition) is 1. The Kier molecular flexibility index (Phi) is 4.14. The Hall–Kier alpha value is -0.820. The second kappa shape index (κ2) is 5.76. The average molecular weight is 286 g/mol. The number of aliphatic hydroxyl groups is 1. The lowest BCUT2D eigenvalue weighted by Crippen LogP contribution is -2.37. The largest absolute Gasteiger partial charge is 0.385 e. The third-order valence-corrected chi connectivity index (χ3v) is 6.33.